The van der Waals surface area contributed by atoms with E-state index >= 15 is 0 Å². The Bertz CT molecular complexity index is 579. The van der Waals surface area contributed by atoms with Gasteiger partial charge >= 0.3 is 5.97 Å². The summed E-state index contributed by atoms with van der Waals surface area (Å²) in [5, 5.41) is 13.6. The Morgan fingerprint density at radius 2 is 2.15 bits per heavy atom. The second-order valence-electron chi connectivity index (χ2n) is 5.17. The highest BCUT2D eigenvalue weighted by Gasteiger charge is 2.24. The Kier molecular flexibility index (Phi) is 4.38. The van der Waals surface area contributed by atoms with Crippen LogP contribution in [-0.4, -0.2) is 28.6 Å². The number of thioether (sulfide) groups is 1. The predicted molar refractivity (Wildman–Crippen MR) is 81.0 cm³/mol. The van der Waals surface area contributed by atoms with Crippen LogP contribution in [0.25, 0.3) is 0 Å². The second-order valence-corrected chi connectivity index (χ2v) is 6.27. The summed E-state index contributed by atoms with van der Waals surface area (Å²) in [7, 11) is 0. The van der Waals surface area contributed by atoms with Crippen molar-refractivity contribution in [3.63, 3.8) is 0 Å². The highest BCUT2D eigenvalue weighted by Crippen LogP contribution is 2.36. The Morgan fingerprint density at radius 3 is 2.75 bits per heavy atom. The zero-order chi connectivity index (χ0) is 14.9. The SMILES string of the molecule is Cc1cc(C(=O)O)c(C)c2c1SCC/C2=N/OC(C)C. The van der Waals surface area contributed by atoms with Gasteiger partial charge in [-0.15, -0.1) is 11.8 Å². The van der Waals surface area contributed by atoms with Gasteiger partial charge in [0.25, 0.3) is 0 Å². The van der Waals surface area contributed by atoms with E-state index in [2.05, 4.69) is 5.16 Å². The first-order chi connectivity index (χ1) is 9.41. The molecule has 5 heteroatoms. The molecule has 0 fully saturated rings. The molecule has 0 spiro atoms. The molecule has 1 aromatic carbocycles. The monoisotopic (exact) mass is 293 g/mol. The molecule has 0 aliphatic carbocycles. The summed E-state index contributed by atoms with van der Waals surface area (Å²) in [6, 6.07) is 1.75. The maximum Gasteiger partial charge on any atom is 0.335 e. The van der Waals surface area contributed by atoms with Crippen LogP contribution in [0.3, 0.4) is 0 Å². The van der Waals surface area contributed by atoms with Crippen LogP contribution in [0.1, 0.15) is 47.3 Å². The third-order valence-corrected chi connectivity index (χ3v) is 4.43. The number of carboxylic acid groups (broad SMARTS) is 1. The molecule has 0 saturated heterocycles. The number of carboxylic acids is 1. The van der Waals surface area contributed by atoms with E-state index in [-0.39, 0.29) is 6.10 Å². The van der Waals surface area contributed by atoms with Crippen molar-refractivity contribution < 1.29 is 14.7 Å². The van der Waals surface area contributed by atoms with E-state index in [1.807, 2.05) is 27.7 Å². The number of hydrogen-bond donors (Lipinski definition) is 1. The van der Waals surface area contributed by atoms with Crippen LogP contribution in [0, 0.1) is 13.8 Å². The van der Waals surface area contributed by atoms with E-state index in [4.69, 9.17) is 4.84 Å². The van der Waals surface area contributed by atoms with Crippen molar-refractivity contribution in [2.75, 3.05) is 5.75 Å². The summed E-state index contributed by atoms with van der Waals surface area (Å²) in [5.74, 6) is 0.0492. The van der Waals surface area contributed by atoms with Gasteiger partial charge in [-0.25, -0.2) is 4.79 Å². The van der Waals surface area contributed by atoms with Crippen LogP contribution < -0.4 is 0 Å². The molecule has 0 bridgehead atoms. The quantitative estimate of drug-likeness (QED) is 0.865. The lowest BCUT2D eigenvalue weighted by Gasteiger charge is -2.22. The second kappa shape index (κ2) is 5.87. The van der Waals surface area contributed by atoms with Gasteiger partial charge in [0.1, 0.15) is 6.10 Å². The van der Waals surface area contributed by atoms with Crippen molar-refractivity contribution in [2.24, 2.45) is 5.16 Å². The number of aromatic carboxylic acids is 1. The van der Waals surface area contributed by atoms with Gasteiger partial charge in [0, 0.05) is 22.6 Å². The molecule has 0 radical (unpaired) electrons. The Hall–Kier alpha value is -1.49. The lowest BCUT2D eigenvalue weighted by molar-refractivity contribution is 0.0695. The normalized spacial score (nSPS) is 16.4. The maximum atomic E-state index is 11.4. The molecule has 1 heterocycles. The topological polar surface area (TPSA) is 58.9 Å². The lowest BCUT2D eigenvalue weighted by Crippen LogP contribution is -2.17. The van der Waals surface area contributed by atoms with E-state index < -0.39 is 5.97 Å². The van der Waals surface area contributed by atoms with Gasteiger partial charge in [-0.1, -0.05) is 5.16 Å². The molecular formula is C15H19NO3S. The van der Waals surface area contributed by atoms with Crippen LogP contribution in [0.5, 0.6) is 0 Å². The number of rotatable bonds is 3. The highest BCUT2D eigenvalue weighted by molar-refractivity contribution is 7.99. The van der Waals surface area contributed by atoms with Crippen molar-refractivity contribution in [3.05, 3.63) is 28.3 Å². The van der Waals surface area contributed by atoms with Crippen molar-refractivity contribution in [2.45, 2.75) is 45.1 Å². The Morgan fingerprint density at radius 1 is 1.45 bits per heavy atom. The molecule has 0 aromatic heterocycles. The fourth-order valence-corrected chi connectivity index (χ4v) is 3.48. The zero-order valence-electron chi connectivity index (χ0n) is 12.2. The van der Waals surface area contributed by atoms with Gasteiger partial charge < -0.3 is 9.94 Å². The molecule has 108 valence electrons. The summed E-state index contributed by atoms with van der Waals surface area (Å²) in [6.45, 7) is 7.64. The number of nitrogens with zero attached hydrogens (tertiary/aromatic N) is 1. The maximum absolute atomic E-state index is 11.4. The van der Waals surface area contributed by atoms with Crippen molar-refractivity contribution in [1.29, 1.82) is 0 Å². The van der Waals surface area contributed by atoms with E-state index in [1.54, 1.807) is 17.8 Å². The summed E-state index contributed by atoms with van der Waals surface area (Å²) in [4.78, 5) is 17.8. The molecule has 2 rings (SSSR count). The van der Waals surface area contributed by atoms with Crippen LogP contribution in [0.4, 0.5) is 0 Å². The minimum atomic E-state index is -0.895. The van der Waals surface area contributed by atoms with E-state index in [0.29, 0.717) is 5.56 Å². The molecule has 0 amide bonds. The minimum Gasteiger partial charge on any atom is -0.478 e. The summed E-state index contributed by atoms with van der Waals surface area (Å²) < 4.78 is 0. The van der Waals surface area contributed by atoms with Crippen LogP contribution in [0.15, 0.2) is 16.1 Å². The third kappa shape index (κ3) is 2.82. The number of hydrogen-bond acceptors (Lipinski definition) is 4. The first kappa shape index (κ1) is 14.9. The van der Waals surface area contributed by atoms with Crippen molar-refractivity contribution >= 4 is 23.4 Å². The van der Waals surface area contributed by atoms with E-state index in [1.165, 1.54) is 0 Å². The number of oxime groups is 1. The van der Waals surface area contributed by atoms with E-state index in [0.717, 1.165) is 39.5 Å². The number of aryl methyl sites for hydroxylation is 1. The molecule has 20 heavy (non-hydrogen) atoms. The molecule has 0 unspecified atom stereocenters. The molecule has 1 aliphatic rings. The summed E-state index contributed by atoms with van der Waals surface area (Å²) in [5.41, 5.74) is 3.91. The third-order valence-electron chi connectivity index (χ3n) is 3.20. The smallest absolute Gasteiger partial charge is 0.335 e. The molecule has 1 aliphatic heterocycles. The molecular weight excluding hydrogens is 274 g/mol. The fraction of sp³-hybridized carbons (Fsp3) is 0.467. The van der Waals surface area contributed by atoms with E-state index in [9.17, 15) is 9.90 Å². The van der Waals surface area contributed by atoms with Crippen LogP contribution >= 0.6 is 11.8 Å². The molecule has 0 saturated carbocycles. The first-order valence-electron chi connectivity index (χ1n) is 6.65. The standard InChI is InChI=1S/C15H19NO3S/c1-8(2)19-16-12-5-6-20-14-9(3)7-11(15(17)18)10(4)13(12)14/h7-8H,5-6H2,1-4H3,(H,17,18)/b16-12-. The van der Waals surface area contributed by atoms with Gasteiger partial charge in [0.2, 0.25) is 0 Å². The van der Waals surface area contributed by atoms with Gasteiger partial charge in [0.15, 0.2) is 0 Å². The minimum absolute atomic E-state index is 0.0181. The zero-order valence-corrected chi connectivity index (χ0v) is 13.0. The molecule has 1 aromatic rings. The lowest BCUT2D eigenvalue weighted by atomic mass is 9.94. The fourth-order valence-electron chi connectivity index (χ4n) is 2.28. The van der Waals surface area contributed by atoms with Gasteiger partial charge in [0.05, 0.1) is 11.3 Å². The average molecular weight is 293 g/mol. The number of benzene rings is 1. The Labute approximate surface area is 123 Å². The van der Waals surface area contributed by atoms with Crippen molar-refractivity contribution in [3.8, 4) is 0 Å². The van der Waals surface area contributed by atoms with Gasteiger partial charge in [-0.3, -0.25) is 0 Å². The molecule has 1 N–H and O–H groups in total. The highest BCUT2D eigenvalue weighted by atomic mass is 32.2. The van der Waals surface area contributed by atoms with Crippen molar-refractivity contribution in [1.82, 2.24) is 0 Å². The van der Waals surface area contributed by atoms with Crippen LogP contribution in [0.2, 0.25) is 0 Å². The number of fused-ring (bicyclic) bond motifs is 1. The van der Waals surface area contributed by atoms with Crippen LogP contribution in [-0.2, 0) is 4.84 Å². The Balaban J connectivity index is 2.59. The largest absolute Gasteiger partial charge is 0.478 e. The first-order valence-corrected chi connectivity index (χ1v) is 7.63. The van der Waals surface area contributed by atoms with Gasteiger partial charge in [-0.05, 0) is 44.9 Å². The molecule has 0 atom stereocenters. The predicted octanol–water partition coefficient (Wildman–Crippen LogP) is 3.63. The average Bonchev–Trinajstić information content (AvgIpc) is 2.39. The number of carbonyl (C=O) groups is 1. The summed E-state index contributed by atoms with van der Waals surface area (Å²) >= 11 is 1.76. The summed E-state index contributed by atoms with van der Waals surface area (Å²) in [6.07, 6.45) is 0.817. The molecule has 4 nitrogen and oxygen atoms in total. The van der Waals surface area contributed by atoms with Gasteiger partial charge in [-0.2, -0.15) is 0 Å².